The summed E-state index contributed by atoms with van der Waals surface area (Å²) in [7, 11) is 0. The van der Waals surface area contributed by atoms with E-state index >= 15 is 0 Å². The molecule has 6 nitrogen and oxygen atoms in total. The summed E-state index contributed by atoms with van der Waals surface area (Å²) in [4.78, 5) is 26.1. The van der Waals surface area contributed by atoms with Crippen LogP contribution in [0.5, 0.6) is 0 Å². The van der Waals surface area contributed by atoms with Crippen LogP contribution in [0.4, 0.5) is 17.3 Å². The fraction of sp³-hybridized carbons (Fsp3) is 0.522. The molecule has 3 heterocycles. The van der Waals surface area contributed by atoms with Crippen molar-refractivity contribution in [2.24, 2.45) is 5.92 Å². The second-order valence-electron chi connectivity index (χ2n) is 8.34. The van der Waals surface area contributed by atoms with Gasteiger partial charge in [0.1, 0.15) is 0 Å². The molecule has 2 aliphatic heterocycles. The number of carbonyl (C=O) groups excluding carboxylic acids is 1. The van der Waals surface area contributed by atoms with Crippen LogP contribution in [0.25, 0.3) is 0 Å². The number of carbonyl (C=O) groups is 1. The SMILES string of the molecule is CC1CCN(c2ccc(NC(=O)c3cnc(N4CCCCCC4)nc3)cc2)CC1. The molecule has 2 aromatic rings. The Bertz CT molecular complexity index is 789. The van der Waals surface area contributed by atoms with E-state index < -0.39 is 0 Å². The Labute approximate surface area is 173 Å². The molecule has 1 aromatic carbocycles. The molecule has 6 heteroatoms. The molecule has 2 saturated heterocycles. The highest BCUT2D eigenvalue weighted by atomic mass is 16.1. The van der Waals surface area contributed by atoms with Crippen LogP contribution in [0.3, 0.4) is 0 Å². The fourth-order valence-corrected chi connectivity index (χ4v) is 4.10. The molecule has 1 N–H and O–H groups in total. The van der Waals surface area contributed by atoms with Crippen LogP contribution in [-0.2, 0) is 0 Å². The summed E-state index contributed by atoms with van der Waals surface area (Å²) in [6, 6.07) is 8.12. The van der Waals surface area contributed by atoms with E-state index in [1.54, 1.807) is 12.4 Å². The van der Waals surface area contributed by atoms with Crippen molar-refractivity contribution in [1.29, 1.82) is 0 Å². The van der Waals surface area contributed by atoms with E-state index in [9.17, 15) is 4.79 Å². The summed E-state index contributed by atoms with van der Waals surface area (Å²) >= 11 is 0. The zero-order valence-corrected chi connectivity index (χ0v) is 17.3. The Balaban J connectivity index is 1.35. The Hall–Kier alpha value is -2.63. The van der Waals surface area contributed by atoms with Gasteiger partial charge in [0, 0.05) is 49.9 Å². The van der Waals surface area contributed by atoms with Gasteiger partial charge in [0.2, 0.25) is 5.95 Å². The van der Waals surface area contributed by atoms with Crippen molar-refractivity contribution in [3.05, 3.63) is 42.2 Å². The predicted molar refractivity (Wildman–Crippen MR) is 118 cm³/mol. The minimum absolute atomic E-state index is 0.174. The molecule has 0 spiro atoms. The van der Waals surface area contributed by atoms with E-state index in [0.29, 0.717) is 5.56 Å². The summed E-state index contributed by atoms with van der Waals surface area (Å²) in [5, 5.41) is 2.95. The predicted octanol–water partition coefficient (Wildman–Crippen LogP) is 4.35. The fourth-order valence-electron chi connectivity index (χ4n) is 4.10. The summed E-state index contributed by atoms with van der Waals surface area (Å²) in [5.41, 5.74) is 2.50. The molecule has 1 amide bonds. The average molecular weight is 394 g/mol. The number of hydrogen-bond acceptors (Lipinski definition) is 5. The molecule has 0 unspecified atom stereocenters. The van der Waals surface area contributed by atoms with Gasteiger partial charge in [-0.25, -0.2) is 9.97 Å². The van der Waals surface area contributed by atoms with Crippen molar-refractivity contribution in [1.82, 2.24) is 9.97 Å². The average Bonchev–Trinajstić information content (AvgIpc) is 3.05. The van der Waals surface area contributed by atoms with Crippen LogP contribution in [0.1, 0.15) is 55.8 Å². The summed E-state index contributed by atoms with van der Waals surface area (Å²) in [6.45, 7) is 6.52. The highest BCUT2D eigenvalue weighted by Gasteiger charge is 2.17. The smallest absolute Gasteiger partial charge is 0.258 e. The van der Waals surface area contributed by atoms with Gasteiger partial charge in [-0.05, 0) is 55.9 Å². The first-order chi connectivity index (χ1) is 14.2. The van der Waals surface area contributed by atoms with Crippen molar-refractivity contribution in [3.63, 3.8) is 0 Å². The van der Waals surface area contributed by atoms with Crippen LogP contribution in [0, 0.1) is 5.92 Å². The Morgan fingerprint density at radius 1 is 0.897 bits per heavy atom. The van der Waals surface area contributed by atoms with E-state index in [0.717, 1.165) is 43.7 Å². The number of hydrogen-bond donors (Lipinski definition) is 1. The molecule has 29 heavy (non-hydrogen) atoms. The van der Waals surface area contributed by atoms with Gasteiger partial charge in [-0.15, -0.1) is 0 Å². The zero-order chi connectivity index (χ0) is 20.1. The van der Waals surface area contributed by atoms with Crippen molar-refractivity contribution in [3.8, 4) is 0 Å². The van der Waals surface area contributed by atoms with Gasteiger partial charge in [-0.2, -0.15) is 0 Å². The maximum absolute atomic E-state index is 12.6. The number of amides is 1. The van der Waals surface area contributed by atoms with Crippen LogP contribution in [0.2, 0.25) is 0 Å². The molecule has 0 bridgehead atoms. The number of nitrogens with zero attached hydrogens (tertiary/aromatic N) is 4. The Morgan fingerprint density at radius 3 is 2.14 bits per heavy atom. The molecule has 2 aliphatic rings. The van der Waals surface area contributed by atoms with Crippen LogP contribution >= 0.6 is 0 Å². The first-order valence-electron chi connectivity index (χ1n) is 10.9. The zero-order valence-electron chi connectivity index (χ0n) is 17.3. The molecule has 0 saturated carbocycles. The molecule has 4 rings (SSSR count). The van der Waals surface area contributed by atoms with E-state index in [1.807, 2.05) is 12.1 Å². The van der Waals surface area contributed by atoms with E-state index in [2.05, 4.69) is 44.1 Å². The highest BCUT2D eigenvalue weighted by Crippen LogP contribution is 2.24. The third-order valence-corrected chi connectivity index (χ3v) is 6.06. The molecule has 0 radical (unpaired) electrons. The number of piperidine rings is 1. The summed E-state index contributed by atoms with van der Waals surface area (Å²) in [5.74, 6) is 1.37. The normalized spacial score (nSPS) is 18.4. The van der Waals surface area contributed by atoms with Gasteiger partial charge in [0.05, 0.1) is 5.56 Å². The molecule has 154 valence electrons. The third-order valence-electron chi connectivity index (χ3n) is 6.06. The lowest BCUT2D eigenvalue weighted by atomic mass is 9.99. The number of benzene rings is 1. The molecule has 0 atom stereocenters. The number of anilines is 3. The first-order valence-corrected chi connectivity index (χ1v) is 10.9. The van der Waals surface area contributed by atoms with Crippen molar-refractivity contribution in [2.45, 2.75) is 45.4 Å². The van der Waals surface area contributed by atoms with Crippen molar-refractivity contribution in [2.75, 3.05) is 41.3 Å². The standard InChI is InChI=1S/C23H31N5O/c1-18-10-14-27(15-11-18)21-8-6-20(7-9-21)26-22(29)19-16-24-23(25-17-19)28-12-4-2-3-5-13-28/h6-9,16-18H,2-5,10-15H2,1H3,(H,26,29). The summed E-state index contributed by atoms with van der Waals surface area (Å²) in [6.07, 6.45) is 10.6. The molecule has 0 aliphatic carbocycles. The third kappa shape index (κ3) is 5.05. The number of rotatable bonds is 4. The lowest BCUT2D eigenvalue weighted by molar-refractivity contribution is 0.102. The second kappa shape index (κ2) is 9.25. The minimum Gasteiger partial charge on any atom is -0.372 e. The topological polar surface area (TPSA) is 61.4 Å². The maximum atomic E-state index is 12.6. The van der Waals surface area contributed by atoms with Gasteiger partial charge in [0.15, 0.2) is 0 Å². The highest BCUT2D eigenvalue weighted by molar-refractivity contribution is 6.03. The van der Waals surface area contributed by atoms with Crippen LogP contribution in [0.15, 0.2) is 36.7 Å². The minimum atomic E-state index is -0.174. The van der Waals surface area contributed by atoms with Crippen molar-refractivity contribution < 1.29 is 4.79 Å². The number of nitrogens with one attached hydrogen (secondary N) is 1. The molecular weight excluding hydrogens is 362 g/mol. The molecule has 2 fully saturated rings. The molecule has 1 aromatic heterocycles. The monoisotopic (exact) mass is 393 g/mol. The lowest BCUT2D eigenvalue weighted by Crippen LogP contribution is -2.32. The van der Waals surface area contributed by atoms with Gasteiger partial charge in [-0.1, -0.05) is 19.8 Å². The van der Waals surface area contributed by atoms with Gasteiger partial charge < -0.3 is 15.1 Å². The van der Waals surface area contributed by atoms with E-state index in [1.165, 1.54) is 44.2 Å². The Morgan fingerprint density at radius 2 is 1.52 bits per heavy atom. The van der Waals surface area contributed by atoms with Crippen LogP contribution < -0.4 is 15.1 Å². The first kappa shape index (κ1) is 19.7. The Kier molecular flexibility index (Phi) is 6.27. The molecular formula is C23H31N5O. The largest absolute Gasteiger partial charge is 0.372 e. The van der Waals surface area contributed by atoms with E-state index in [-0.39, 0.29) is 5.91 Å². The van der Waals surface area contributed by atoms with E-state index in [4.69, 9.17) is 0 Å². The van der Waals surface area contributed by atoms with Crippen molar-refractivity contribution >= 4 is 23.2 Å². The number of aromatic nitrogens is 2. The van der Waals surface area contributed by atoms with Gasteiger partial charge in [-0.3, -0.25) is 4.79 Å². The maximum Gasteiger partial charge on any atom is 0.258 e. The van der Waals surface area contributed by atoms with Crippen LogP contribution in [-0.4, -0.2) is 42.1 Å². The lowest BCUT2D eigenvalue weighted by Gasteiger charge is -2.32. The quantitative estimate of drug-likeness (QED) is 0.837. The second-order valence-corrected chi connectivity index (χ2v) is 8.34. The van der Waals surface area contributed by atoms with Gasteiger partial charge >= 0.3 is 0 Å². The van der Waals surface area contributed by atoms with Gasteiger partial charge in [0.25, 0.3) is 5.91 Å². The summed E-state index contributed by atoms with van der Waals surface area (Å²) < 4.78 is 0.